The quantitative estimate of drug-likeness (QED) is 0.135. The van der Waals surface area contributed by atoms with Crippen LogP contribution in [0.5, 0.6) is 0 Å². The van der Waals surface area contributed by atoms with Crippen LogP contribution in [0.2, 0.25) is 0 Å². The summed E-state index contributed by atoms with van der Waals surface area (Å²) in [6.45, 7) is 8.16. The second-order valence-electron chi connectivity index (χ2n) is 9.70. The first kappa shape index (κ1) is 30.0. The summed E-state index contributed by atoms with van der Waals surface area (Å²) in [6, 6.07) is 49.4. The van der Waals surface area contributed by atoms with Gasteiger partial charge in [-0.15, -0.1) is 0 Å². The Bertz CT molecular complexity index is 1590. The van der Waals surface area contributed by atoms with Gasteiger partial charge >= 0.3 is 0 Å². The molecule has 0 aromatic heterocycles. The van der Waals surface area contributed by atoms with E-state index in [0.29, 0.717) is 0 Å². The fourth-order valence-electron chi connectivity index (χ4n) is 4.92. The van der Waals surface area contributed by atoms with E-state index in [1.807, 2.05) is 13.8 Å². The Morgan fingerprint density at radius 2 is 0.857 bits per heavy atom. The number of hydrogen-bond acceptors (Lipinski definition) is 0. The maximum atomic E-state index is 2.27. The third-order valence-electron chi connectivity index (χ3n) is 7.00. The molecule has 0 aliphatic carbocycles. The van der Waals surface area contributed by atoms with Gasteiger partial charge in [0.2, 0.25) is 0 Å². The highest BCUT2D eigenvalue weighted by atomic mass is 14.1. The van der Waals surface area contributed by atoms with Crippen molar-refractivity contribution in [3.8, 4) is 11.1 Å². The molecule has 0 N–H and O–H groups in total. The Labute approximate surface area is 252 Å². The van der Waals surface area contributed by atoms with Crippen molar-refractivity contribution in [2.45, 2.75) is 27.7 Å². The molecule has 0 saturated heterocycles. The lowest BCUT2D eigenvalue weighted by Crippen LogP contribution is -1.89. The Morgan fingerprint density at radius 1 is 0.452 bits per heavy atom. The van der Waals surface area contributed by atoms with Gasteiger partial charge in [0.1, 0.15) is 0 Å². The van der Waals surface area contributed by atoms with E-state index in [9.17, 15) is 0 Å². The molecule has 0 fully saturated rings. The van der Waals surface area contributed by atoms with Crippen LogP contribution < -0.4 is 0 Å². The third kappa shape index (κ3) is 7.83. The summed E-state index contributed by atoms with van der Waals surface area (Å²) in [5.74, 6) is 0. The molecule has 0 aliphatic heterocycles. The maximum absolute atomic E-state index is 2.27. The zero-order valence-corrected chi connectivity index (χ0v) is 25.2. The van der Waals surface area contributed by atoms with Gasteiger partial charge < -0.3 is 0 Å². The topological polar surface area (TPSA) is 0 Å². The van der Waals surface area contributed by atoms with E-state index in [-0.39, 0.29) is 0 Å². The summed E-state index contributed by atoms with van der Waals surface area (Å²) in [5.41, 5.74) is 12.1. The van der Waals surface area contributed by atoms with Gasteiger partial charge in [0.25, 0.3) is 0 Å². The summed E-state index contributed by atoms with van der Waals surface area (Å²) in [4.78, 5) is 0. The molecule has 5 rings (SSSR count). The fraction of sp³-hybridized carbons (Fsp3) is 0.0952. The molecular weight excluding hydrogens is 504 g/mol. The molecule has 0 radical (unpaired) electrons. The lowest BCUT2D eigenvalue weighted by atomic mass is 9.94. The van der Waals surface area contributed by atoms with Crippen LogP contribution in [0, 0.1) is 0 Å². The molecule has 208 valence electrons. The predicted octanol–water partition coefficient (Wildman–Crippen LogP) is 12.0. The van der Waals surface area contributed by atoms with Gasteiger partial charge in [-0.1, -0.05) is 172 Å². The van der Waals surface area contributed by atoms with E-state index in [4.69, 9.17) is 0 Å². The molecule has 0 aliphatic rings. The van der Waals surface area contributed by atoms with Gasteiger partial charge in [0, 0.05) is 0 Å². The molecule has 5 aromatic rings. The Kier molecular flexibility index (Phi) is 11.3. The molecule has 0 unspecified atom stereocenters. The summed E-state index contributed by atoms with van der Waals surface area (Å²) in [5, 5.41) is 0. The van der Waals surface area contributed by atoms with Crippen LogP contribution in [-0.2, 0) is 0 Å². The molecule has 0 nitrogen and oxygen atoms in total. The van der Waals surface area contributed by atoms with Crippen LogP contribution in [0.3, 0.4) is 0 Å². The Balaban J connectivity index is 0.00000198. The van der Waals surface area contributed by atoms with Crippen molar-refractivity contribution in [3.05, 3.63) is 191 Å². The second kappa shape index (κ2) is 15.7. The van der Waals surface area contributed by atoms with Crippen LogP contribution in [0.4, 0.5) is 0 Å². The summed E-state index contributed by atoms with van der Waals surface area (Å²) < 4.78 is 0. The van der Waals surface area contributed by atoms with Crippen LogP contribution in [0.15, 0.2) is 163 Å². The zero-order chi connectivity index (χ0) is 29.6. The first-order chi connectivity index (χ1) is 20.7. The van der Waals surface area contributed by atoms with Crippen molar-refractivity contribution >= 4 is 23.3 Å². The van der Waals surface area contributed by atoms with E-state index >= 15 is 0 Å². The van der Waals surface area contributed by atoms with Gasteiger partial charge in [-0.2, -0.15) is 0 Å². The van der Waals surface area contributed by atoms with Crippen LogP contribution in [-0.4, -0.2) is 0 Å². The Morgan fingerprint density at radius 3 is 1.26 bits per heavy atom. The zero-order valence-electron chi connectivity index (χ0n) is 25.2. The third-order valence-corrected chi connectivity index (χ3v) is 7.00. The SMILES string of the molecule is CC.C\C=C/C(=C\C)C(=C\c1ccc(-c2ccc(C=C(c3ccccc3)c3ccccc3)cc2)cc1)/c1ccccc1. The molecule has 0 heterocycles. The fourth-order valence-corrected chi connectivity index (χ4v) is 4.92. The lowest BCUT2D eigenvalue weighted by Gasteiger charge is -2.11. The van der Waals surface area contributed by atoms with Crippen LogP contribution in [0.25, 0.3) is 34.4 Å². The minimum Gasteiger partial charge on any atom is -0.0871 e. The van der Waals surface area contributed by atoms with Crippen molar-refractivity contribution in [2.75, 3.05) is 0 Å². The minimum atomic E-state index is 1.18. The highest BCUT2D eigenvalue weighted by Gasteiger charge is 2.07. The van der Waals surface area contributed by atoms with E-state index in [0.717, 1.165) is 0 Å². The Hall–Kier alpha value is -4.94. The molecule has 0 amide bonds. The number of benzene rings is 5. The summed E-state index contributed by atoms with van der Waals surface area (Å²) in [6.07, 6.45) is 11.0. The van der Waals surface area contributed by atoms with Crippen molar-refractivity contribution in [1.82, 2.24) is 0 Å². The highest BCUT2D eigenvalue weighted by Crippen LogP contribution is 2.30. The first-order valence-electron chi connectivity index (χ1n) is 14.8. The molecule has 0 saturated carbocycles. The summed E-state index contributed by atoms with van der Waals surface area (Å²) in [7, 11) is 0. The van der Waals surface area contributed by atoms with Gasteiger partial charge in [0.05, 0.1) is 0 Å². The van der Waals surface area contributed by atoms with E-state index < -0.39 is 0 Å². The van der Waals surface area contributed by atoms with Crippen molar-refractivity contribution < 1.29 is 0 Å². The van der Waals surface area contributed by atoms with Gasteiger partial charge in [-0.3, -0.25) is 0 Å². The number of allylic oxidation sites excluding steroid dienone is 5. The second-order valence-corrected chi connectivity index (χ2v) is 9.70. The molecule has 0 spiro atoms. The first-order valence-corrected chi connectivity index (χ1v) is 14.8. The summed E-state index contributed by atoms with van der Waals surface area (Å²) >= 11 is 0. The van der Waals surface area contributed by atoms with Crippen molar-refractivity contribution in [1.29, 1.82) is 0 Å². The van der Waals surface area contributed by atoms with E-state index in [2.05, 4.69) is 184 Å². The van der Waals surface area contributed by atoms with E-state index in [1.54, 1.807) is 0 Å². The van der Waals surface area contributed by atoms with Crippen molar-refractivity contribution in [3.63, 3.8) is 0 Å². The van der Waals surface area contributed by atoms with Crippen LogP contribution >= 0.6 is 0 Å². The maximum Gasteiger partial charge on any atom is -0.0105 e. The molecule has 42 heavy (non-hydrogen) atoms. The standard InChI is InChI=1S/C40H34.C2H6/c1-3-14-33(4-2)39(36-15-8-5-9-16-36)29-31-21-25-34(26-22-31)35-27-23-32(24-28-35)30-40(37-17-10-6-11-18-37)38-19-12-7-13-20-38;1-2/h3-30H,1-2H3;1-2H3/b14-3-,33-4+,39-29+;. The normalized spacial score (nSPS) is 11.5. The monoisotopic (exact) mass is 544 g/mol. The lowest BCUT2D eigenvalue weighted by molar-refractivity contribution is 1.50. The van der Waals surface area contributed by atoms with Crippen molar-refractivity contribution in [2.24, 2.45) is 0 Å². The molecule has 0 heteroatoms. The van der Waals surface area contributed by atoms with Gasteiger partial charge in [-0.05, 0) is 81.7 Å². The smallest absolute Gasteiger partial charge is 0.0105 e. The molecule has 0 bridgehead atoms. The van der Waals surface area contributed by atoms with Gasteiger partial charge in [0.15, 0.2) is 0 Å². The van der Waals surface area contributed by atoms with E-state index in [1.165, 1.54) is 55.7 Å². The largest absolute Gasteiger partial charge is 0.0871 e. The number of rotatable bonds is 8. The number of hydrogen-bond donors (Lipinski definition) is 0. The van der Waals surface area contributed by atoms with Crippen LogP contribution in [0.1, 0.15) is 55.5 Å². The molecule has 5 aromatic carbocycles. The highest BCUT2D eigenvalue weighted by molar-refractivity contribution is 5.93. The minimum absolute atomic E-state index is 1.18. The average Bonchev–Trinajstić information content (AvgIpc) is 3.08. The molecular formula is C42H40. The predicted molar refractivity (Wildman–Crippen MR) is 186 cm³/mol. The van der Waals surface area contributed by atoms with Gasteiger partial charge in [-0.25, -0.2) is 0 Å². The average molecular weight is 545 g/mol. The molecule has 0 atom stereocenters.